The zero-order valence-corrected chi connectivity index (χ0v) is 18.8. The van der Waals surface area contributed by atoms with Crippen molar-refractivity contribution in [2.45, 2.75) is 25.9 Å². The number of hydrogen-bond donors (Lipinski definition) is 2. The number of thioether (sulfide) groups is 1. The maximum Gasteiger partial charge on any atom is 0.262 e. The fourth-order valence-corrected chi connectivity index (χ4v) is 4.29. The van der Waals surface area contributed by atoms with Crippen molar-refractivity contribution in [2.75, 3.05) is 11.1 Å². The minimum Gasteiger partial charge on any atom is -0.325 e. The molecule has 1 amide bonds. The Morgan fingerprint density at radius 2 is 1.94 bits per heavy atom. The lowest BCUT2D eigenvalue weighted by atomic mass is 10.1. The van der Waals surface area contributed by atoms with Gasteiger partial charge in [0.2, 0.25) is 5.91 Å². The molecule has 0 radical (unpaired) electrons. The second-order valence-electron chi connectivity index (χ2n) is 7.26. The van der Waals surface area contributed by atoms with E-state index in [2.05, 4.69) is 20.4 Å². The number of fused-ring (bicyclic) bond motifs is 1. The van der Waals surface area contributed by atoms with E-state index in [-0.39, 0.29) is 17.2 Å². The summed E-state index contributed by atoms with van der Waals surface area (Å²) in [5.41, 5.74) is 4.76. The van der Waals surface area contributed by atoms with Crippen molar-refractivity contribution in [1.29, 1.82) is 0 Å². The molecule has 0 unspecified atom stereocenters. The summed E-state index contributed by atoms with van der Waals surface area (Å²) < 4.78 is 1.56. The monoisotopic (exact) mass is 453 g/mol. The largest absolute Gasteiger partial charge is 0.325 e. The van der Waals surface area contributed by atoms with Crippen LogP contribution in [0.25, 0.3) is 16.7 Å². The molecule has 0 atom stereocenters. The average molecular weight is 454 g/mol. The number of aryl methyl sites for hydroxylation is 3. The summed E-state index contributed by atoms with van der Waals surface area (Å²) in [6.07, 6.45) is 1.46. The third kappa shape index (κ3) is 4.50. The summed E-state index contributed by atoms with van der Waals surface area (Å²) in [7, 11) is 0. The van der Waals surface area contributed by atoms with Crippen molar-refractivity contribution >= 4 is 46.0 Å². The SMILES string of the molecule is Cc1cc(C)c(NC(=O)CSc2nc3c(cnn3-c3cccc(Cl)c3)c(=O)[nH]2)c(C)c1. The number of rotatable bonds is 5. The maximum atomic E-state index is 12.5. The van der Waals surface area contributed by atoms with Crippen LogP contribution in [-0.4, -0.2) is 31.4 Å². The molecular weight excluding hydrogens is 434 g/mol. The molecule has 0 aliphatic heterocycles. The van der Waals surface area contributed by atoms with Gasteiger partial charge in [0.05, 0.1) is 17.6 Å². The molecule has 2 N–H and O–H groups in total. The van der Waals surface area contributed by atoms with Crippen molar-refractivity contribution in [1.82, 2.24) is 19.7 Å². The standard InChI is InChI=1S/C22H20ClN5O2S/c1-12-7-13(2)19(14(3)8-12)25-18(29)11-31-22-26-20-17(21(30)27-22)10-24-28(20)16-6-4-5-15(23)9-16/h4-10H,11H2,1-3H3,(H,25,29)(H,26,27,30). The van der Waals surface area contributed by atoms with Gasteiger partial charge >= 0.3 is 0 Å². The number of aromatic nitrogens is 4. The Morgan fingerprint density at radius 1 is 1.19 bits per heavy atom. The second kappa shape index (κ2) is 8.56. The Labute approximate surface area is 187 Å². The minimum absolute atomic E-state index is 0.104. The normalized spacial score (nSPS) is 11.1. The third-order valence-corrected chi connectivity index (χ3v) is 5.86. The van der Waals surface area contributed by atoms with E-state index in [0.717, 1.165) is 34.1 Å². The van der Waals surface area contributed by atoms with Crippen LogP contribution in [-0.2, 0) is 4.79 Å². The lowest BCUT2D eigenvalue weighted by molar-refractivity contribution is -0.113. The summed E-state index contributed by atoms with van der Waals surface area (Å²) in [4.78, 5) is 32.2. The molecule has 7 nitrogen and oxygen atoms in total. The summed E-state index contributed by atoms with van der Waals surface area (Å²) in [5.74, 6) is -0.0712. The van der Waals surface area contributed by atoms with Gasteiger partial charge in [-0.1, -0.05) is 47.1 Å². The van der Waals surface area contributed by atoms with Crippen molar-refractivity contribution in [3.8, 4) is 5.69 Å². The number of H-pyrrole nitrogens is 1. The second-order valence-corrected chi connectivity index (χ2v) is 8.66. The molecule has 0 bridgehead atoms. The van der Waals surface area contributed by atoms with Gasteiger partial charge in [-0.3, -0.25) is 9.59 Å². The molecule has 158 valence electrons. The Morgan fingerprint density at radius 3 is 2.65 bits per heavy atom. The van der Waals surface area contributed by atoms with Crippen molar-refractivity contribution in [2.24, 2.45) is 0 Å². The fourth-order valence-electron chi connectivity index (χ4n) is 3.45. The first kappa shape index (κ1) is 21.1. The Hall–Kier alpha value is -3.10. The van der Waals surface area contributed by atoms with Crippen LogP contribution in [0.1, 0.15) is 16.7 Å². The number of nitrogens with zero attached hydrogens (tertiary/aromatic N) is 3. The van der Waals surface area contributed by atoms with E-state index in [1.807, 2.05) is 39.0 Å². The number of carbonyl (C=O) groups is 1. The van der Waals surface area contributed by atoms with Gasteiger partial charge < -0.3 is 10.3 Å². The van der Waals surface area contributed by atoms with Gasteiger partial charge in [0.25, 0.3) is 5.56 Å². The molecule has 4 aromatic rings. The summed E-state index contributed by atoms with van der Waals surface area (Å²) >= 11 is 7.24. The molecule has 0 aliphatic carbocycles. The van der Waals surface area contributed by atoms with E-state index in [1.165, 1.54) is 6.20 Å². The van der Waals surface area contributed by atoms with Gasteiger partial charge in [0.1, 0.15) is 5.39 Å². The van der Waals surface area contributed by atoms with Crippen molar-refractivity contribution in [3.05, 3.63) is 74.7 Å². The smallest absolute Gasteiger partial charge is 0.262 e. The molecule has 4 rings (SSSR count). The molecule has 0 fully saturated rings. The first-order chi connectivity index (χ1) is 14.8. The quantitative estimate of drug-likeness (QED) is 0.344. The van der Waals surface area contributed by atoms with Crippen LogP contribution in [0.2, 0.25) is 5.02 Å². The predicted molar refractivity (Wildman–Crippen MR) is 125 cm³/mol. The molecular formula is C22H20ClN5O2S. The third-order valence-electron chi connectivity index (χ3n) is 4.75. The van der Waals surface area contributed by atoms with Gasteiger partial charge in [-0.25, -0.2) is 9.67 Å². The van der Waals surface area contributed by atoms with Crippen LogP contribution in [0, 0.1) is 20.8 Å². The number of benzene rings is 2. The van der Waals surface area contributed by atoms with E-state index >= 15 is 0 Å². The summed E-state index contributed by atoms with van der Waals surface area (Å²) in [6.45, 7) is 5.95. The molecule has 2 aromatic heterocycles. The van der Waals surface area contributed by atoms with Crippen molar-refractivity contribution in [3.63, 3.8) is 0 Å². The minimum atomic E-state index is -0.314. The van der Waals surface area contributed by atoms with Crippen LogP contribution in [0.4, 0.5) is 5.69 Å². The highest BCUT2D eigenvalue weighted by atomic mass is 35.5. The van der Waals surface area contributed by atoms with Gasteiger partial charge in [0.15, 0.2) is 10.8 Å². The number of amides is 1. The number of nitrogens with one attached hydrogen (secondary N) is 2. The van der Waals surface area contributed by atoms with Crippen LogP contribution in [0.3, 0.4) is 0 Å². The first-order valence-corrected chi connectivity index (χ1v) is 10.9. The molecule has 0 saturated carbocycles. The molecule has 0 aliphatic rings. The number of carbonyl (C=O) groups excluding carboxylic acids is 1. The Bertz CT molecular complexity index is 1340. The van der Waals surface area contributed by atoms with E-state index in [1.54, 1.807) is 22.9 Å². The predicted octanol–water partition coefficient (Wildman–Crippen LogP) is 4.42. The number of hydrogen-bond acceptors (Lipinski definition) is 5. The lowest BCUT2D eigenvalue weighted by Gasteiger charge is -2.12. The van der Waals surface area contributed by atoms with Gasteiger partial charge in [-0.05, 0) is 50.1 Å². The molecule has 0 spiro atoms. The number of anilines is 1. The zero-order chi connectivity index (χ0) is 22.1. The highest BCUT2D eigenvalue weighted by molar-refractivity contribution is 7.99. The highest BCUT2D eigenvalue weighted by Crippen LogP contribution is 2.23. The Kier molecular flexibility index (Phi) is 5.84. The zero-order valence-electron chi connectivity index (χ0n) is 17.2. The van der Waals surface area contributed by atoms with Crippen LogP contribution >= 0.6 is 23.4 Å². The molecule has 2 aromatic carbocycles. The highest BCUT2D eigenvalue weighted by Gasteiger charge is 2.14. The number of aromatic amines is 1. The molecule has 0 saturated heterocycles. The van der Waals surface area contributed by atoms with Gasteiger partial charge in [-0.15, -0.1) is 0 Å². The van der Waals surface area contributed by atoms with E-state index in [4.69, 9.17) is 11.6 Å². The van der Waals surface area contributed by atoms with Crippen LogP contribution in [0.15, 0.2) is 52.5 Å². The van der Waals surface area contributed by atoms with E-state index < -0.39 is 0 Å². The van der Waals surface area contributed by atoms with Gasteiger partial charge in [0, 0.05) is 10.7 Å². The van der Waals surface area contributed by atoms with E-state index in [0.29, 0.717) is 26.9 Å². The lowest BCUT2D eigenvalue weighted by Crippen LogP contribution is -2.17. The van der Waals surface area contributed by atoms with Crippen LogP contribution in [0.5, 0.6) is 0 Å². The first-order valence-electron chi connectivity index (χ1n) is 9.56. The molecule has 31 heavy (non-hydrogen) atoms. The molecule has 2 heterocycles. The molecule has 9 heteroatoms. The Balaban J connectivity index is 1.56. The maximum absolute atomic E-state index is 12.5. The fraction of sp³-hybridized carbons (Fsp3) is 0.182. The van der Waals surface area contributed by atoms with E-state index in [9.17, 15) is 9.59 Å². The van der Waals surface area contributed by atoms with Crippen LogP contribution < -0.4 is 10.9 Å². The average Bonchev–Trinajstić information content (AvgIpc) is 3.14. The summed E-state index contributed by atoms with van der Waals surface area (Å²) in [5, 5.41) is 8.48. The summed E-state index contributed by atoms with van der Waals surface area (Å²) in [6, 6.07) is 11.2. The van der Waals surface area contributed by atoms with Crippen molar-refractivity contribution < 1.29 is 4.79 Å². The number of halogens is 1. The van der Waals surface area contributed by atoms with Gasteiger partial charge in [-0.2, -0.15) is 5.10 Å². The topological polar surface area (TPSA) is 92.7 Å².